The van der Waals surface area contributed by atoms with Crippen LogP contribution < -0.4 is 29.6 Å². The maximum atomic E-state index is 9.12. The minimum Gasteiger partial charge on any atom is -0.370 e. The van der Waals surface area contributed by atoms with Crippen molar-refractivity contribution in [2.75, 3.05) is 6.79 Å². The zero-order valence-electron chi connectivity index (χ0n) is 3.42. The molecule has 0 heterocycles. The number of aliphatic hydroxyl groups is 1. The van der Waals surface area contributed by atoms with Gasteiger partial charge >= 0.3 is 38.2 Å². The molecule has 0 unspecified atom stereocenters. The molecule has 0 fully saturated rings. The molecule has 0 saturated heterocycles. The Hall–Kier alpha value is 1.02. The van der Waals surface area contributed by atoms with Gasteiger partial charge in [0.2, 0.25) is 0 Å². The average molecular weight is 117 g/mol. The van der Waals surface area contributed by atoms with Crippen molar-refractivity contribution in [3.05, 3.63) is 0 Å². The summed E-state index contributed by atoms with van der Waals surface area (Å²) in [6.45, 7) is -0.481. The topological polar surface area (TPSA) is 46.5 Å². The van der Waals surface area contributed by atoms with Gasteiger partial charge in [0.1, 0.15) is 0 Å². The van der Waals surface area contributed by atoms with Crippen molar-refractivity contribution in [2.45, 2.75) is 0 Å². The summed E-state index contributed by atoms with van der Waals surface area (Å²) in [6.07, 6.45) is 0. The molecule has 0 amide bonds. The maximum absolute atomic E-state index is 9.12. The number of aliphatic hydroxyl groups excluding tert-OH is 1. The fourth-order valence-electron chi connectivity index (χ4n) is 0.0236. The van der Waals surface area contributed by atoms with Crippen LogP contribution in [0.1, 0.15) is 0 Å². The van der Waals surface area contributed by atoms with Crippen LogP contribution in [-0.4, -0.2) is 11.9 Å². The standard InChI is InChI=1S/CH3O3P.Na/c2-1-4-5-3;/h2H,1H2;/q;+1. The fraction of sp³-hybridized carbons (Fsp3) is 1.00. The zero-order chi connectivity index (χ0) is 4.12. The third-order valence-corrected chi connectivity index (χ3v) is 0.331. The van der Waals surface area contributed by atoms with Crippen molar-refractivity contribution in [2.24, 2.45) is 0 Å². The van der Waals surface area contributed by atoms with E-state index in [0.29, 0.717) is 0 Å². The summed E-state index contributed by atoms with van der Waals surface area (Å²) < 4.78 is 12.9. The molecule has 0 rings (SSSR count). The van der Waals surface area contributed by atoms with Gasteiger partial charge < -0.3 is 5.11 Å². The monoisotopic (exact) mass is 117 g/mol. The second-order valence-electron chi connectivity index (χ2n) is 0.333. The van der Waals surface area contributed by atoms with Gasteiger partial charge in [-0.3, -0.25) is 4.52 Å². The van der Waals surface area contributed by atoms with E-state index in [0.717, 1.165) is 0 Å². The Morgan fingerprint density at radius 2 is 2.33 bits per heavy atom. The Balaban J connectivity index is 0. The van der Waals surface area contributed by atoms with Gasteiger partial charge in [0.15, 0.2) is 6.79 Å². The summed E-state index contributed by atoms with van der Waals surface area (Å²) in [4.78, 5) is 0. The van der Waals surface area contributed by atoms with Gasteiger partial charge in [-0.2, -0.15) is 0 Å². The third-order valence-electron chi connectivity index (χ3n) is 0.110. The first-order valence-corrected chi connectivity index (χ1v) is 1.70. The molecule has 5 heteroatoms. The summed E-state index contributed by atoms with van der Waals surface area (Å²) in [5.74, 6) is 0. The molecule has 3 nitrogen and oxygen atoms in total. The van der Waals surface area contributed by atoms with E-state index < -0.39 is 15.5 Å². The number of hydrogen-bond donors (Lipinski definition) is 1. The van der Waals surface area contributed by atoms with Crippen LogP contribution in [0, 0.1) is 0 Å². The predicted molar refractivity (Wildman–Crippen MR) is 15.8 cm³/mol. The number of rotatable bonds is 2. The van der Waals surface area contributed by atoms with Crippen molar-refractivity contribution in [1.29, 1.82) is 0 Å². The van der Waals surface area contributed by atoms with Gasteiger partial charge in [-0.05, 0) is 0 Å². The summed E-state index contributed by atoms with van der Waals surface area (Å²) in [5, 5.41) is 7.64. The van der Waals surface area contributed by atoms with E-state index in [1.165, 1.54) is 0 Å². The van der Waals surface area contributed by atoms with Crippen LogP contribution in [0.4, 0.5) is 0 Å². The molecule has 0 bridgehead atoms. The first kappa shape index (κ1) is 10.1. The first-order valence-electron chi connectivity index (χ1n) is 0.970. The second-order valence-corrected chi connectivity index (χ2v) is 0.740. The molecule has 0 aliphatic rings. The summed E-state index contributed by atoms with van der Waals surface area (Å²) in [5.41, 5.74) is 0. The van der Waals surface area contributed by atoms with E-state index in [9.17, 15) is 0 Å². The Labute approximate surface area is 59.3 Å². The van der Waals surface area contributed by atoms with Gasteiger partial charge in [0, 0.05) is 0 Å². The molecular formula is CH3NaO3P+. The van der Waals surface area contributed by atoms with Crippen LogP contribution >= 0.6 is 8.69 Å². The van der Waals surface area contributed by atoms with E-state index in [1.807, 2.05) is 0 Å². The molecule has 0 aromatic carbocycles. The SMILES string of the molecule is O=POCO.[Na+]. The Kier molecular flexibility index (Phi) is 15.8. The third kappa shape index (κ3) is 8.89. The molecular weight excluding hydrogens is 114 g/mol. The van der Waals surface area contributed by atoms with Crippen molar-refractivity contribution in [3.8, 4) is 0 Å². The first-order chi connectivity index (χ1) is 2.41. The van der Waals surface area contributed by atoms with Crippen LogP contribution in [0.25, 0.3) is 0 Å². The van der Waals surface area contributed by atoms with Crippen LogP contribution in [-0.2, 0) is 9.09 Å². The number of hydrogen-bond acceptors (Lipinski definition) is 3. The van der Waals surface area contributed by atoms with Crippen molar-refractivity contribution in [3.63, 3.8) is 0 Å². The summed E-state index contributed by atoms with van der Waals surface area (Å²) in [6, 6.07) is 0. The molecule has 0 aromatic rings. The van der Waals surface area contributed by atoms with Gasteiger partial charge in [-0.25, -0.2) is 4.57 Å². The Morgan fingerprint density at radius 1 is 1.83 bits per heavy atom. The summed E-state index contributed by atoms with van der Waals surface area (Å²) in [7, 11) is -0.470. The molecule has 30 valence electrons. The van der Waals surface area contributed by atoms with Gasteiger partial charge in [-0.15, -0.1) is 0 Å². The smallest absolute Gasteiger partial charge is 0.370 e. The molecule has 0 atom stereocenters. The zero-order valence-corrected chi connectivity index (χ0v) is 6.31. The second kappa shape index (κ2) is 9.39. The van der Waals surface area contributed by atoms with E-state index >= 15 is 0 Å². The van der Waals surface area contributed by atoms with Crippen LogP contribution in [0.5, 0.6) is 0 Å². The predicted octanol–water partition coefficient (Wildman–Crippen LogP) is -2.84. The van der Waals surface area contributed by atoms with E-state index in [2.05, 4.69) is 4.52 Å². The van der Waals surface area contributed by atoms with Crippen LogP contribution in [0.15, 0.2) is 0 Å². The largest absolute Gasteiger partial charge is 1.00 e. The molecule has 0 saturated carbocycles. The molecule has 0 aromatic heterocycles. The minimum atomic E-state index is -0.481. The van der Waals surface area contributed by atoms with Crippen molar-refractivity contribution >= 4 is 8.69 Å². The molecule has 1 N–H and O–H groups in total. The van der Waals surface area contributed by atoms with Crippen LogP contribution in [0.3, 0.4) is 0 Å². The van der Waals surface area contributed by atoms with Crippen molar-refractivity contribution in [1.82, 2.24) is 0 Å². The molecule has 0 aliphatic heterocycles. The average Bonchev–Trinajstić information content (AvgIpc) is 1.41. The quantitative estimate of drug-likeness (QED) is 0.241. The normalized spacial score (nSPS) is 7.50. The van der Waals surface area contributed by atoms with Gasteiger partial charge in [0.05, 0.1) is 0 Å². The summed E-state index contributed by atoms with van der Waals surface area (Å²) >= 11 is 0. The van der Waals surface area contributed by atoms with E-state index in [1.54, 1.807) is 0 Å². The Bertz CT molecular complexity index is 32.0. The van der Waals surface area contributed by atoms with Gasteiger partial charge in [-0.1, -0.05) is 0 Å². The molecule has 0 spiro atoms. The van der Waals surface area contributed by atoms with Gasteiger partial charge in [0.25, 0.3) is 0 Å². The fourth-order valence-corrected chi connectivity index (χ4v) is 0.0707. The van der Waals surface area contributed by atoms with E-state index in [-0.39, 0.29) is 29.6 Å². The molecule has 6 heavy (non-hydrogen) atoms. The Morgan fingerprint density at radius 3 is 2.33 bits per heavy atom. The van der Waals surface area contributed by atoms with Crippen molar-refractivity contribution < 1.29 is 43.8 Å². The maximum Gasteiger partial charge on any atom is 1.00 e. The molecule has 0 aliphatic carbocycles. The van der Waals surface area contributed by atoms with Crippen LogP contribution in [0.2, 0.25) is 0 Å². The molecule has 0 radical (unpaired) electrons. The van der Waals surface area contributed by atoms with E-state index in [4.69, 9.17) is 9.67 Å². The minimum absolute atomic E-state index is 0.